The molecule has 1 rings (SSSR count). The average Bonchev–Trinajstić information content (AvgIpc) is 2.65. The van der Waals surface area contributed by atoms with E-state index in [2.05, 4.69) is 11.2 Å². The number of allylic oxidation sites excluding steroid dienone is 2. The van der Waals surface area contributed by atoms with E-state index in [0.717, 1.165) is 44.2 Å². The van der Waals surface area contributed by atoms with Gasteiger partial charge in [0.05, 0.1) is 5.71 Å². The minimum absolute atomic E-state index is 0.276. The lowest BCUT2D eigenvalue weighted by atomic mass is 10.0. The molecule has 0 saturated heterocycles. The van der Waals surface area contributed by atoms with E-state index in [4.69, 9.17) is 9.94 Å². The van der Waals surface area contributed by atoms with Crippen LogP contribution in [0.5, 0.6) is 0 Å². The zero-order valence-electron chi connectivity index (χ0n) is 9.74. The van der Waals surface area contributed by atoms with Gasteiger partial charge in [0.15, 0.2) is 0 Å². The Balaban J connectivity index is 2.17. The number of nitrogens with zero attached hydrogens (tertiary/aromatic N) is 1. The number of carbonyl (C=O) groups is 1. The Bertz CT molecular complexity index is 295. The van der Waals surface area contributed by atoms with Crippen LogP contribution in [0.15, 0.2) is 16.8 Å². The van der Waals surface area contributed by atoms with Gasteiger partial charge < -0.3 is 9.94 Å². The van der Waals surface area contributed by atoms with Crippen LogP contribution in [0, 0.1) is 0 Å². The number of carboxylic acid groups (broad SMARTS) is 1. The highest BCUT2D eigenvalue weighted by atomic mass is 16.6. The summed E-state index contributed by atoms with van der Waals surface area (Å²) in [6.45, 7) is 0. The molecular weight excluding hydrogens is 206 g/mol. The maximum atomic E-state index is 10.3. The minimum atomic E-state index is -0.707. The van der Waals surface area contributed by atoms with Crippen LogP contribution in [0.2, 0.25) is 0 Å². The first kappa shape index (κ1) is 12.7. The topological polar surface area (TPSA) is 58.9 Å². The second kappa shape index (κ2) is 7.04. The van der Waals surface area contributed by atoms with Gasteiger partial charge in [0.2, 0.25) is 0 Å². The van der Waals surface area contributed by atoms with Crippen molar-refractivity contribution in [3.63, 3.8) is 0 Å². The van der Waals surface area contributed by atoms with E-state index in [9.17, 15) is 4.79 Å². The third kappa shape index (κ3) is 4.47. The fraction of sp³-hybridized carbons (Fsp3) is 0.667. The van der Waals surface area contributed by atoms with Crippen LogP contribution in [-0.4, -0.2) is 23.9 Å². The van der Waals surface area contributed by atoms with Gasteiger partial charge in [0, 0.05) is 6.42 Å². The third-order valence-electron chi connectivity index (χ3n) is 2.68. The Labute approximate surface area is 96.0 Å². The minimum Gasteiger partial charge on any atom is -0.481 e. The molecule has 0 heterocycles. The molecular formula is C12H19NO3. The standard InChI is InChI=1S/C12H19NO3/c1-16-13-11-8-5-7-10(11)6-3-2-4-9-12(14)15/h7H,2-6,8-9H2,1H3,(H,14,15)/b13-11+. The molecule has 0 atom stereocenters. The summed E-state index contributed by atoms with van der Waals surface area (Å²) in [5.41, 5.74) is 2.33. The molecule has 1 aliphatic rings. The number of rotatable bonds is 7. The molecule has 0 aromatic heterocycles. The lowest BCUT2D eigenvalue weighted by molar-refractivity contribution is -0.137. The first-order valence-corrected chi connectivity index (χ1v) is 5.75. The van der Waals surface area contributed by atoms with Gasteiger partial charge in [-0.25, -0.2) is 0 Å². The first-order chi connectivity index (χ1) is 7.74. The van der Waals surface area contributed by atoms with Crippen LogP contribution in [0.25, 0.3) is 0 Å². The van der Waals surface area contributed by atoms with Crippen molar-refractivity contribution < 1.29 is 14.7 Å². The SMILES string of the molecule is CO/N=C1\CCC=C1CCCCCC(=O)O. The van der Waals surface area contributed by atoms with Crippen molar-refractivity contribution in [1.82, 2.24) is 0 Å². The lowest BCUT2D eigenvalue weighted by Gasteiger charge is -2.03. The molecule has 0 amide bonds. The molecule has 4 nitrogen and oxygen atoms in total. The summed E-state index contributed by atoms with van der Waals surface area (Å²) in [4.78, 5) is 15.1. The van der Waals surface area contributed by atoms with Crippen molar-refractivity contribution in [3.8, 4) is 0 Å². The number of unbranched alkanes of at least 4 members (excludes halogenated alkanes) is 2. The van der Waals surface area contributed by atoms with Gasteiger partial charge in [-0.1, -0.05) is 17.7 Å². The van der Waals surface area contributed by atoms with Gasteiger partial charge in [-0.2, -0.15) is 0 Å². The zero-order chi connectivity index (χ0) is 11.8. The van der Waals surface area contributed by atoms with E-state index in [1.54, 1.807) is 7.11 Å². The molecule has 0 aliphatic heterocycles. The molecule has 0 unspecified atom stereocenters. The number of hydrogen-bond donors (Lipinski definition) is 1. The summed E-state index contributed by atoms with van der Waals surface area (Å²) >= 11 is 0. The smallest absolute Gasteiger partial charge is 0.303 e. The van der Waals surface area contributed by atoms with E-state index in [1.807, 2.05) is 0 Å². The van der Waals surface area contributed by atoms with Crippen LogP contribution < -0.4 is 0 Å². The number of carboxylic acids is 1. The fourth-order valence-corrected chi connectivity index (χ4v) is 1.89. The monoisotopic (exact) mass is 225 g/mol. The van der Waals surface area contributed by atoms with Gasteiger partial charge in [-0.15, -0.1) is 0 Å². The van der Waals surface area contributed by atoms with Crippen molar-refractivity contribution >= 4 is 11.7 Å². The fourth-order valence-electron chi connectivity index (χ4n) is 1.89. The van der Waals surface area contributed by atoms with Gasteiger partial charge in [0.1, 0.15) is 7.11 Å². The average molecular weight is 225 g/mol. The maximum Gasteiger partial charge on any atom is 0.303 e. The predicted molar refractivity (Wildman–Crippen MR) is 62.5 cm³/mol. The molecule has 1 N–H and O–H groups in total. The van der Waals surface area contributed by atoms with E-state index in [-0.39, 0.29) is 6.42 Å². The quantitative estimate of drug-likeness (QED) is 0.535. The van der Waals surface area contributed by atoms with E-state index in [1.165, 1.54) is 5.57 Å². The second-order valence-corrected chi connectivity index (χ2v) is 3.94. The first-order valence-electron chi connectivity index (χ1n) is 5.75. The largest absolute Gasteiger partial charge is 0.481 e. The zero-order valence-corrected chi connectivity index (χ0v) is 9.74. The summed E-state index contributed by atoms with van der Waals surface area (Å²) in [7, 11) is 1.57. The Hall–Kier alpha value is -1.32. The molecule has 0 radical (unpaired) electrons. The van der Waals surface area contributed by atoms with Crippen LogP contribution in [0.4, 0.5) is 0 Å². The summed E-state index contributed by atoms with van der Waals surface area (Å²) in [6.07, 6.45) is 8.24. The van der Waals surface area contributed by atoms with Crippen molar-refractivity contribution in [3.05, 3.63) is 11.6 Å². The number of aliphatic carboxylic acids is 1. The van der Waals surface area contributed by atoms with Crippen molar-refractivity contribution in [2.24, 2.45) is 5.16 Å². The van der Waals surface area contributed by atoms with E-state index < -0.39 is 5.97 Å². The van der Waals surface area contributed by atoms with Gasteiger partial charge in [-0.05, 0) is 37.7 Å². The highest BCUT2D eigenvalue weighted by Crippen LogP contribution is 2.21. The summed E-state index contributed by atoms with van der Waals surface area (Å²) in [5, 5.41) is 12.5. The lowest BCUT2D eigenvalue weighted by Crippen LogP contribution is -1.98. The Morgan fingerprint density at radius 1 is 1.50 bits per heavy atom. The molecule has 0 aromatic carbocycles. The molecule has 0 fully saturated rings. The van der Waals surface area contributed by atoms with Crippen molar-refractivity contribution in [1.29, 1.82) is 0 Å². The molecule has 0 spiro atoms. The summed E-state index contributed by atoms with van der Waals surface area (Å²) in [5.74, 6) is -0.707. The van der Waals surface area contributed by atoms with Crippen LogP contribution in [0.3, 0.4) is 0 Å². The molecule has 0 bridgehead atoms. The summed E-state index contributed by atoms with van der Waals surface area (Å²) < 4.78 is 0. The highest BCUT2D eigenvalue weighted by molar-refractivity contribution is 6.01. The molecule has 0 aromatic rings. The van der Waals surface area contributed by atoms with Crippen LogP contribution >= 0.6 is 0 Å². The molecule has 16 heavy (non-hydrogen) atoms. The molecule has 4 heteroatoms. The number of oxime groups is 1. The third-order valence-corrected chi connectivity index (χ3v) is 2.68. The van der Waals surface area contributed by atoms with Gasteiger partial charge in [0.25, 0.3) is 0 Å². The molecule has 1 aliphatic carbocycles. The Kier molecular flexibility index (Phi) is 5.61. The Morgan fingerprint density at radius 2 is 2.31 bits per heavy atom. The number of hydrogen-bond acceptors (Lipinski definition) is 3. The predicted octanol–water partition coefficient (Wildman–Crippen LogP) is 2.74. The summed E-state index contributed by atoms with van der Waals surface area (Å²) in [6, 6.07) is 0. The van der Waals surface area contributed by atoms with E-state index >= 15 is 0 Å². The van der Waals surface area contributed by atoms with Gasteiger partial charge in [-0.3, -0.25) is 4.79 Å². The molecule has 0 saturated carbocycles. The Morgan fingerprint density at radius 3 is 3.00 bits per heavy atom. The highest BCUT2D eigenvalue weighted by Gasteiger charge is 2.13. The normalized spacial score (nSPS) is 17.6. The molecule has 90 valence electrons. The maximum absolute atomic E-state index is 10.3. The van der Waals surface area contributed by atoms with Gasteiger partial charge >= 0.3 is 5.97 Å². The second-order valence-electron chi connectivity index (χ2n) is 3.94. The van der Waals surface area contributed by atoms with Crippen LogP contribution in [0.1, 0.15) is 44.9 Å². The van der Waals surface area contributed by atoms with Crippen LogP contribution in [-0.2, 0) is 9.63 Å². The van der Waals surface area contributed by atoms with Crippen molar-refractivity contribution in [2.45, 2.75) is 44.9 Å². The van der Waals surface area contributed by atoms with E-state index in [0.29, 0.717) is 0 Å². The van der Waals surface area contributed by atoms with Crippen molar-refractivity contribution in [2.75, 3.05) is 7.11 Å².